The standard InChI is InChI=1S/C17H21NO/c19-13-7-9-18-10-8-15-14-4-2-1-3-12(14)5-6-16(15)17(18)11-13/h5-7,11,14-15,19H,1-4,8-10H2. The summed E-state index contributed by atoms with van der Waals surface area (Å²) in [7, 11) is 0. The molecule has 0 aromatic carbocycles. The van der Waals surface area contributed by atoms with Crippen LogP contribution in [-0.2, 0) is 0 Å². The largest absolute Gasteiger partial charge is 0.508 e. The van der Waals surface area contributed by atoms with Crippen LogP contribution in [0.25, 0.3) is 0 Å². The second kappa shape index (κ2) is 4.29. The number of nitrogens with zero attached hydrogens (tertiary/aromatic N) is 1. The molecule has 19 heavy (non-hydrogen) atoms. The van der Waals surface area contributed by atoms with Crippen molar-refractivity contribution in [1.82, 2.24) is 4.90 Å². The molecule has 2 aliphatic heterocycles. The van der Waals surface area contributed by atoms with Gasteiger partial charge in [-0.3, -0.25) is 0 Å². The molecule has 4 aliphatic rings. The zero-order valence-electron chi connectivity index (χ0n) is 11.3. The average molecular weight is 255 g/mol. The summed E-state index contributed by atoms with van der Waals surface area (Å²) >= 11 is 0. The third kappa shape index (κ3) is 1.77. The number of rotatable bonds is 0. The first-order valence-corrected chi connectivity index (χ1v) is 7.60. The number of fused-ring (bicyclic) bond motifs is 5. The fourth-order valence-electron chi connectivity index (χ4n) is 4.26. The molecule has 2 nitrogen and oxygen atoms in total. The van der Waals surface area contributed by atoms with E-state index in [9.17, 15) is 5.11 Å². The summed E-state index contributed by atoms with van der Waals surface area (Å²) in [5.74, 6) is 1.92. The highest BCUT2D eigenvalue weighted by Crippen LogP contribution is 2.47. The van der Waals surface area contributed by atoms with Crippen LogP contribution in [0.5, 0.6) is 0 Å². The Hall–Kier alpha value is -1.44. The number of aliphatic hydroxyl groups is 1. The van der Waals surface area contributed by atoms with E-state index in [1.165, 1.54) is 43.4 Å². The van der Waals surface area contributed by atoms with Crippen LogP contribution in [0.2, 0.25) is 0 Å². The molecule has 2 heterocycles. The van der Waals surface area contributed by atoms with Gasteiger partial charge in [-0.2, -0.15) is 0 Å². The van der Waals surface area contributed by atoms with Crippen LogP contribution in [0.1, 0.15) is 32.1 Å². The van der Waals surface area contributed by atoms with E-state index < -0.39 is 0 Å². The van der Waals surface area contributed by atoms with Crippen molar-refractivity contribution in [3.63, 3.8) is 0 Å². The van der Waals surface area contributed by atoms with Gasteiger partial charge in [-0.15, -0.1) is 0 Å². The summed E-state index contributed by atoms with van der Waals surface area (Å²) in [6.07, 6.45) is 15.3. The minimum absolute atomic E-state index is 0.436. The van der Waals surface area contributed by atoms with E-state index in [1.54, 1.807) is 5.57 Å². The number of aliphatic hydroxyl groups excluding tert-OH is 1. The molecule has 0 amide bonds. The van der Waals surface area contributed by atoms with Gasteiger partial charge in [0.1, 0.15) is 5.76 Å². The second-order valence-corrected chi connectivity index (χ2v) is 6.22. The van der Waals surface area contributed by atoms with Crippen LogP contribution in [-0.4, -0.2) is 23.1 Å². The molecule has 100 valence electrons. The third-order valence-corrected chi connectivity index (χ3v) is 5.22. The minimum Gasteiger partial charge on any atom is -0.508 e. The molecule has 0 aromatic heterocycles. The predicted octanol–water partition coefficient (Wildman–Crippen LogP) is 3.70. The molecule has 2 heteroatoms. The van der Waals surface area contributed by atoms with Gasteiger partial charge >= 0.3 is 0 Å². The predicted molar refractivity (Wildman–Crippen MR) is 76.6 cm³/mol. The van der Waals surface area contributed by atoms with E-state index in [1.807, 2.05) is 12.2 Å². The Labute approximate surface area is 114 Å². The first kappa shape index (κ1) is 11.4. The van der Waals surface area contributed by atoms with Crippen molar-refractivity contribution < 1.29 is 5.11 Å². The lowest BCUT2D eigenvalue weighted by atomic mass is 9.67. The van der Waals surface area contributed by atoms with Gasteiger partial charge in [0.05, 0.1) is 0 Å². The van der Waals surface area contributed by atoms with Crippen LogP contribution in [0.4, 0.5) is 0 Å². The molecular formula is C17H21NO. The molecule has 4 rings (SSSR count). The molecular weight excluding hydrogens is 234 g/mol. The molecule has 0 spiro atoms. The Balaban J connectivity index is 1.74. The number of allylic oxidation sites excluding steroid dienone is 5. The summed E-state index contributed by atoms with van der Waals surface area (Å²) in [5.41, 5.74) is 4.43. The summed E-state index contributed by atoms with van der Waals surface area (Å²) in [6.45, 7) is 2.00. The fraction of sp³-hybridized carbons (Fsp3) is 0.529. The Bertz CT molecular complexity index is 523. The zero-order valence-corrected chi connectivity index (χ0v) is 11.3. The molecule has 0 aromatic rings. The van der Waals surface area contributed by atoms with Crippen molar-refractivity contribution in [3.05, 3.63) is 46.9 Å². The van der Waals surface area contributed by atoms with Crippen molar-refractivity contribution in [2.75, 3.05) is 13.1 Å². The van der Waals surface area contributed by atoms with Gasteiger partial charge in [-0.1, -0.05) is 24.1 Å². The summed E-state index contributed by atoms with van der Waals surface area (Å²) in [4.78, 5) is 2.41. The average Bonchev–Trinajstić information content (AvgIpc) is 2.46. The molecule has 1 saturated carbocycles. The first-order valence-electron chi connectivity index (χ1n) is 7.60. The van der Waals surface area contributed by atoms with E-state index >= 15 is 0 Å². The SMILES string of the molecule is OC1=CCN2CCC3C(=CC=C4CCCCC43)C2=C1. The lowest BCUT2D eigenvalue weighted by Gasteiger charge is -2.45. The molecule has 2 unspecified atom stereocenters. The van der Waals surface area contributed by atoms with Crippen LogP contribution in [0, 0.1) is 11.8 Å². The summed E-state index contributed by atoms with van der Waals surface area (Å²) in [6, 6.07) is 0. The maximum atomic E-state index is 9.79. The van der Waals surface area contributed by atoms with Crippen molar-refractivity contribution in [2.45, 2.75) is 32.1 Å². The molecule has 2 fully saturated rings. The van der Waals surface area contributed by atoms with E-state index in [0.717, 1.165) is 19.0 Å². The van der Waals surface area contributed by atoms with Crippen LogP contribution >= 0.6 is 0 Å². The van der Waals surface area contributed by atoms with Gasteiger partial charge in [0.2, 0.25) is 0 Å². The minimum atomic E-state index is 0.436. The highest BCUT2D eigenvalue weighted by atomic mass is 16.3. The maximum absolute atomic E-state index is 9.79. The maximum Gasteiger partial charge on any atom is 0.115 e. The first-order chi connectivity index (χ1) is 9.33. The highest BCUT2D eigenvalue weighted by Gasteiger charge is 2.37. The fourth-order valence-corrected chi connectivity index (χ4v) is 4.26. The van der Waals surface area contributed by atoms with Gasteiger partial charge in [-0.25, -0.2) is 0 Å². The lowest BCUT2D eigenvalue weighted by molar-refractivity contribution is 0.240. The molecule has 2 aliphatic carbocycles. The molecule has 0 radical (unpaired) electrons. The topological polar surface area (TPSA) is 23.5 Å². The Morgan fingerprint density at radius 1 is 1.11 bits per heavy atom. The smallest absolute Gasteiger partial charge is 0.115 e. The van der Waals surface area contributed by atoms with E-state index in [0.29, 0.717) is 11.7 Å². The third-order valence-electron chi connectivity index (χ3n) is 5.22. The molecule has 2 atom stereocenters. The van der Waals surface area contributed by atoms with Crippen LogP contribution < -0.4 is 0 Å². The second-order valence-electron chi connectivity index (χ2n) is 6.22. The Kier molecular flexibility index (Phi) is 2.57. The van der Waals surface area contributed by atoms with E-state index in [4.69, 9.17) is 0 Å². The van der Waals surface area contributed by atoms with Crippen LogP contribution in [0.3, 0.4) is 0 Å². The van der Waals surface area contributed by atoms with Gasteiger partial charge in [0.25, 0.3) is 0 Å². The zero-order chi connectivity index (χ0) is 12.8. The Morgan fingerprint density at radius 3 is 3.00 bits per heavy atom. The van der Waals surface area contributed by atoms with Crippen molar-refractivity contribution in [2.24, 2.45) is 11.8 Å². The van der Waals surface area contributed by atoms with Crippen LogP contribution in [0.15, 0.2) is 46.9 Å². The Morgan fingerprint density at radius 2 is 2.05 bits per heavy atom. The van der Waals surface area contributed by atoms with Crippen molar-refractivity contribution >= 4 is 0 Å². The highest BCUT2D eigenvalue weighted by molar-refractivity contribution is 5.46. The van der Waals surface area contributed by atoms with Crippen molar-refractivity contribution in [1.29, 1.82) is 0 Å². The van der Waals surface area contributed by atoms with E-state index in [-0.39, 0.29) is 0 Å². The van der Waals surface area contributed by atoms with Gasteiger partial charge in [-0.05, 0) is 49.2 Å². The number of hydrogen-bond donors (Lipinski definition) is 1. The van der Waals surface area contributed by atoms with Gasteiger partial charge < -0.3 is 10.0 Å². The number of hydrogen-bond acceptors (Lipinski definition) is 2. The monoisotopic (exact) mass is 255 g/mol. The normalized spacial score (nSPS) is 33.2. The summed E-state index contributed by atoms with van der Waals surface area (Å²) < 4.78 is 0. The van der Waals surface area contributed by atoms with E-state index in [2.05, 4.69) is 17.1 Å². The van der Waals surface area contributed by atoms with Gasteiger partial charge in [0.15, 0.2) is 0 Å². The van der Waals surface area contributed by atoms with Gasteiger partial charge in [0, 0.05) is 24.9 Å². The molecule has 0 bridgehead atoms. The summed E-state index contributed by atoms with van der Waals surface area (Å²) in [5, 5.41) is 9.79. The quantitative estimate of drug-likeness (QED) is 0.713. The molecule has 1 saturated heterocycles. The van der Waals surface area contributed by atoms with Crippen molar-refractivity contribution in [3.8, 4) is 0 Å². The molecule has 1 N–H and O–H groups in total. The number of piperidine rings is 1. The lowest BCUT2D eigenvalue weighted by Crippen LogP contribution is -2.39.